The summed E-state index contributed by atoms with van der Waals surface area (Å²) in [5, 5.41) is 6.13. The average molecular weight is 379 g/mol. The molecule has 0 spiro atoms. The fourth-order valence-corrected chi connectivity index (χ4v) is 4.54. The quantitative estimate of drug-likeness (QED) is 0.483. The van der Waals surface area contributed by atoms with Crippen LogP contribution in [0.1, 0.15) is 31.2 Å². The number of nitrogens with one attached hydrogen (secondary N) is 2. The van der Waals surface area contributed by atoms with Gasteiger partial charge in [0.25, 0.3) is 0 Å². The van der Waals surface area contributed by atoms with Crippen LogP contribution in [0.3, 0.4) is 0 Å². The summed E-state index contributed by atoms with van der Waals surface area (Å²) in [6.45, 7) is 1.11. The van der Waals surface area contributed by atoms with Gasteiger partial charge in [0.1, 0.15) is 12.9 Å². The van der Waals surface area contributed by atoms with Gasteiger partial charge in [-0.05, 0) is 62.3 Å². The molecular formula is C20H30N2O3S. The van der Waals surface area contributed by atoms with Crippen molar-refractivity contribution in [2.45, 2.75) is 38.3 Å². The minimum atomic E-state index is -0.433. The third-order valence-electron chi connectivity index (χ3n) is 4.87. The number of hydrogen-bond donors (Lipinski definition) is 2. The van der Waals surface area contributed by atoms with Crippen molar-refractivity contribution in [3.05, 3.63) is 35.9 Å². The van der Waals surface area contributed by atoms with Crippen molar-refractivity contribution < 1.29 is 14.3 Å². The Morgan fingerprint density at radius 1 is 1.31 bits per heavy atom. The molecule has 1 aromatic rings. The molecule has 2 atom stereocenters. The maximum absolute atomic E-state index is 12.4. The lowest BCUT2D eigenvalue weighted by Gasteiger charge is -2.34. The predicted octanol–water partition coefficient (Wildman–Crippen LogP) is 3.24. The number of ether oxygens (including phenoxy) is 1. The van der Waals surface area contributed by atoms with Crippen LogP contribution in [0, 0.1) is 11.8 Å². The van der Waals surface area contributed by atoms with Crippen molar-refractivity contribution in [2.75, 3.05) is 25.1 Å². The Morgan fingerprint density at radius 3 is 2.69 bits per heavy atom. The summed E-state index contributed by atoms with van der Waals surface area (Å²) in [4.78, 5) is 24.1. The molecule has 1 heterocycles. The van der Waals surface area contributed by atoms with Gasteiger partial charge in [-0.3, -0.25) is 0 Å². The lowest BCUT2D eigenvalue weighted by molar-refractivity contribution is -0.112. The first-order valence-corrected chi connectivity index (χ1v) is 10.5. The molecule has 0 saturated carbocycles. The van der Waals surface area contributed by atoms with Gasteiger partial charge in [0.05, 0.1) is 0 Å². The van der Waals surface area contributed by atoms with Crippen LogP contribution in [-0.2, 0) is 16.1 Å². The van der Waals surface area contributed by atoms with Crippen molar-refractivity contribution in [1.82, 2.24) is 10.6 Å². The molecule has 6 heteroatoms. The highest BCUT2D eigenvalue weighted by atomic mass is 32.2. The van der Waals surface area contributed by atoms with Gasteiger partial charge < -0.3 is 20.2 Å². The number of thioether (sulfide) groups is 1. The molecule has 2 rings (SSSR count). The number of alkyl carbamates (subject to hydrolysis) is 1. The second kappa shape index (κ2) is 12.0. The Kier molecular flexibility index (Phi) is 9.56. The fraction of sp³-hybridized carbons (Fsp3) is 0.600. The Balaban J connectivity index is 1.94. The monoisotopic (exact) mass is 378 g/mol. The minimum Gasteiger partial charge on any atom is -0.445 e. The Bertz CT molecular complexity index is 535. The highest BCUT2D eigenvalue weighted by Crippen LogP contribution is 2.29. The van der Waals surface area contributed by atoms with Crippen LogP contribution in [0.25, 0.3) is 0 Å². The molecule has 1 amide bonds. The molecule has 5 nitrogen and oxygen atoms in total. The van der Waals surface area contributed by atoms with Gasteiger partial charge in [0, 0.05) is 12.0 Å². The highest BCUT2D eigenvalue weighted by Gasteiger charge is 2.32. The van der Waals surface area contributed by atoms with Crippen LogP contribution >= 0.6 is 11.8 Å². The van der Waals surface area contributed by atoms with Gasteiger partial charge in [0.2, 0.25) is 0 Å². The van der Waals surface area contributed by atoms with E-state index >= 15 is 0 Å². The molecule has 1 aliphatic rings. The van der Waals surface area contributed by atoms with Crippen molar-refractivity contribution in [3.63, 3.8) is 0 Å². The normalized spacial score (nSPS) is 17.3. The zero-order valence-electron chi connectivity index (χ0n) is 15.5. The molecule has 1 fully saturated rings. The van der Waals surface area contributed by atoms with E-state index < -0.39 is 6.09 Å². The maximum atomic E-state index is 12.4. The number of amides is 1. The summed E-state index contributed by atoms with van der Waals surface area (Å²) in [7, 11) is 1.91. The second-order valence-corrected chi connectivity index (χ2v) is 7.95. The topological polar surface area (TPSA) is 67.4 Å². The van der Waals surface area contributed by atoms with Gasteiger partial charge in [-0.15, -0.1) is 0 Å². The van der Waals surface area contributed by atoms with Gasteiger partial charge in [-0.25, -0.2) is 4.79 Å². The summed E-state index contributed by atoms with van der Waals surface area (Å²) in [6.07, 6.45) is 4.34. The lowest BCUT2D eigenvalue weighted by atomic mass is 9.83. The fourth-order valence-electron chi connectivity index (χ4n) is 3.40. The zero-order valence-corrected chi connectivity index (χ0v) is 16.3. The smallest absolute Gasteiger partial charge is 0.407 e. The van der Waals surface area contributed by atoms with E-state index in [9.17, 15) is 9.59 Å². The van der Waals surface area contributed by atoms with Crippen molar-refractivity contribution in [1.29, 1.82) is 0 Å². The molecule has 0 aliphatic carbocycles. The van der Waals surface area contributed by atoms with E-state index in [0.717, 1.165) is 55.6 Å². The van der Waals surface area contributed by atoms with Gasteiger partial charge in [0.15, 0.2) is 0 Å². The summed E-state index contributed by atoms with van der Waals surface area (Å²) < 4.78 is 5.39. The van der Waals surface area contributed by atoms with E-state index in [-0.39, 0.29) is 18.6 Å². The molecular weight excluding hydrogens is 348 g/mol. The van der Waals surface area contributed by atoms with Crippen LogP contribution < -0.4 is 10.6 Å². The average Bonchev–Trinajstić information content (AvgIpc) is 2.70. The molecule has 1 unspecified atom stereocenters. The first kappa shape index (κ1) is 20.8. The number of rotatable bonds is 10. The molecule has 0 radical (unpaired) electrons. The van der Waals surface area contributed by atoms with Crippen LogP contribution in [0.15, 0.2) is 30.3 Å². The lowest BCUT2D eigenvalue weighted by Crippen LogP contribution is -2.47. The number of aldehydes is 1. The van der Waals surface area contributed by atoms with E-state index in [1.165, 1.54) is 0 Å². The zero-order chi connectivity index (χ0) is 18.6. The number of benzene rings is 1. The van der Waals surface area contributed by atoms with Crippen molar-refractivity contribution in [2.24, 2.45) is 11.8 Å². The number of carbonyl (C=O) groups is 2. The third-order valence-corrected chi connectivity index (χ3v) is 5.92. The molecule has 0 bridgehead atoms. The third kappa shape index (κ3) is 7.00. The van der Waals surface area contributed by atoms with E-state index in [0.29, 0.717) is 5.92 Å². The van der Waals surface area contributed by atoms with E-state index in [1.54, 1.807) is 0 Å². The molecule has 144 valence electrons. The van der Waals surface area contributed by atoms with E-state index in [1.807, 2.05) is 49.1 Å². The highest BCUT2D eigenvalue weighted by molar-refractivity contribution is 7.99. The number of carbonyl (C=O) groups excluding carboxylic acids is 2. The van der Waals surface area contributed by atoms with Crippen molar-refractivity contribution >= 4 is 24.1 Å². The summed E-state index contributed by atoms with van der Waals surface area (Å²) >= 11 is 1.94. The van der Waals surface area contributed by atoms with Gasteiger partial charge in [-0.1, -0.05) is 30.3 Å². The van der Waals surface area contributed by atoms with Gasteiger partial charge in [-0.2, -0.15) is 11.8 Å². The molecule has 26 heavy (non-hydrogen) atoms. The van der Waals surface area contributed by atoms with E-state index in [4.69, 9.17) is 4.74 Å². The second-order valence-electron chi connectivity index (χ2n) is 6.73. The van der Waals surface area contributed by atoms with E-state index in [2.05, 4.69) is 10.6 Å². The van der Waals surface area contributed by atoms with Crippen molar-refractivity contribution in [3.8, 4) is 0 Å². The Labute approximate surface area is 160 Å². The first-order chi connectivity index (χ1) is 12.7. The first-order valence-electron chi connectivity index (χ1n) is 9.39. The molecule has 1 aliphatic heterocycles. The van der Waals surface area contributed by atoms with Crippen LogP contribution in [0.4, 0.5) is 4.79 Å². The molecule has 1 aromatic carbocycles. The largest absolute Gasteiger partial charge is 0.445 e. The minimum absolute atomic E-state index is 0.145. The maximum Gasteiger partial charge on any atom is 0.407 e. The molecule has 0 aromatic heterocycles. The Morgan fingerprint density at radius 2 is 2.04 bits per heavy atom. The predicted molar refractivity (Wildman–Crippen MR) is 106 cm³/mol. The van der Waals surface area contributed by atoms with Crippen LogP contribution in [0.2, 0.25) is 0 Å². The van der Waals surface area contributed by atoms with Crippen LogP contribution in [0.5, 0.6) is 0 Å². The summed E-state index contributed by atoms with van der Waals surface area (Å²) in [5.41, 5.74) is 0.953. The Hall–Kier alpha value is -1.53. The molecule has 2 N–H and O–H groups in total. The van der Waals surface area contributed by atoms with Crippen LogP contribution in [-0.4, -0.2) is 43.5 Å². The standard InChI is InChI=1S/C20H30N2O3S/c1-21-11-5-8-18(14-23)19(17-9-12-26-13-10-17)22-20(24)25-15-16-6-3-2-4-7-16/h2-4,6-7,14,17-19,21H,5,8-13,15H2,1H3,(H,22,24)/t18-,19?/m0/s1. The number of hydrogen-bond acceptors (Lipinski definition) is 5. The molecule has 1 saturated heterocycles. The summed E-state index contributed by atoms with van der Waals surface area (Å²) in [5.74, 6) is 2.35. The SMILES string of the molecule is CNCCC[C@@H](C=O)C(NC(=O)OCc1ccccc1)C1CCSCC1. The summed E-state index contributed by atoms with van der Waals surface area (Å²) in [6, 6.07) is 9.48. The van der Waals surface area contributed by atoms with Gasteiger partial charge >= 0.3 is 6.09 Å².